The van der Waals surface area contributed by atoms with Crippen LogP contribution in [0.1, 0.15) is 20.3 Å². The van der Waals surface area contributed by atoms with Crippen LogP contribution in [0, 0.1) is 5.92 Å². The van der Waals surface area contributed by atoms with Gasteiger partial charge in [-0.25, -0.2) is 8.42 Å². The highest BCUT2D eigenvalue weighted by molar-refractivity contribution is 7.91. The van der Waals surface area contributed by atoms with Crippen molar-refractivity contribution in [3.8, 4) is 0 Å². The van der Waals surface area contributed by atoms with E-state index in [4.69, 9.17) is 5.73 Å². The molecule has 0 radical (unpaired) electrons. The Morgan fingerprint density at radius 1 is 1.45 bits per heavy atom. The molecule has 11 heavy (non-hydrogen) atoms. The van der Waals surface area contributed by atoms with Crippen LogP contribution in [0.15, 0.2) is 0 Å². The maximum absolute atomic E-state index is 11.1. The van der Waals surface area contributed by atoms with Gasteiger partial charge in [-0.15, -0.1) is 0 Å². The van der Waals surface area contributed by atoms with Crippen molar-refractivity contribution in [3.05, 3.63) is 0 Å². The number of hydrogen-bond donors (Lipinski definition) is 1. The van der Waals surface area contributed by atoms with Gasteiger partial charge in [0.15, 0.2) is 9.84 Å². The molecule has 0 amide bonds. The van der Waals surface area contributed by atoms with Gasteiger partial charge in [0.25, 0.3) is 0 Å². The summed E-state index contributed by atoms with van der Waals surface area (Å²) >= 11 is 0. The Kier molecular flexibility index (Phi) is 4.03. The van der Waals surface area contributed by atoms with Gasteiger partial charge in [-0.1, -0.05) is 20.3 Å². The molecule has 0 saturated carbocycles. The van der Waals surface area contributed by atoms with Crippen molar-refractivity contribution in [2.75, 3.05) is 12.8 Å². The van der Waals surface area contributed by atoms with E-state index in [-0.39, 0.29) is 17.7 Å². The predicted octanol–water partition coefficient (Wildman–Crippen LogP) is 0.404. The van der Waals surface area contributed by atoms with E-state index in [0.29, 0.717) is 0 Å². The van der Waals surface area contributed by atoms with Crippen molar-refractivity contribution >= 4 is 9.84 Å². The normalized spacial score (nSPS) is 17.8. The van der Waals surface area contributed by atoms with Gasteiger partial charge in [-0.05, 0) is 5.92 Å². The Bertz CT molecular complexity index is 198. The molecular formula is C7H17NO2S. The van der Waals surface area contributed by atoms with E-state index in [1.54, 1.807) is 0 Å². The Hall–Kier alpha value is -0.0900. The maximum Gasteiger partial charge on any atom is 0.151 e. The molecule has 0 aromatic heterocycles. The minimum absolute atomic E-state index is 0.162. The van der Waals surface area contributed by atoms with E-state index >= 15 is 0 Å². The summed E-state index contributed by atoms with van der Waals surface area (Å²) in [7, 11) is -2.95. The van der Waals surface area contributed by atoms with E-state index < -0.39 is 9.84 Å². The van der Waals surface area contributed by atoms with Crippen LogP contribution in [0.5, 0.6) is 0 Å². The lowest BCUT2D eigenvalue weighted by atomic mass is 10.1. The highest BCUT2D eigenvalue weighted by Crippen LogP contribution is 2.13. The summed E-state index contributed by atoms with van der Waals surface area (Å²) in [6, 6.07) is 0. The van der Waals surface area contributed by atoms with Gasteiger partial charge in [0.05, 0.1) is 5.25 Å². The Balaban J connectivity index is 4.42. The van der Waals surface area contributed by atoms with Crippen LogP contribution in [0.2, 0.25) is 0 Å². The molecule has 0 aromatic carbocycles. The highest BCUT2D eigenvalue weighted by Gasteiger charge is 2.23. The monoisotopic (exact) mass is 179 g/mol. The van der Waals surface area contributed by atoms with Crippen molar-refractivity contribution in [1.82, 2.24) is 0 Å². The van der Waals surface area contributed by atoms with Gasteiger partial charge < -0.3 is 5.73 Å². The third-order valence-electron chi connectivity index (χ3n) is 2.06. The lowest BCUT2D eigenvalue weighted by molar-refractivity contribution is 0.499. The maximum atomic E-state index is 11.1. The lowest BCUT2D eigenvalue weighted by Gasteiger charge is -2.18. The van der Waals surface area contributed by atoms with Gasteiger partial charge in [0.1, 0.15) is 0 Å². The molecule has 0 aliphatic rings. The van der Waals surface area contributed by atoms with Crippen molar-refractivity contribution in [2.24, 2.45) is 11.7 Å². The highest BCUT2D eigenvalue weighted by atomic mass is 32.2. The number of sulfone groups is 1. The second kappa shape index (κ2) is 4.07. The molecule has 0 bridgehead atoms. The minimum atomic E-state index is -2.95. The van der Waals surface area contributed by atoms with Crippen molar-refractivity contribution in [1.29, 1.82) is 0 Å². The fourth-order valence-corrected chi connectivity index (χ4v) is 2.48. The summed E-state index contributed by atoms with van der Waals surface area (Å²) in [5.41, 5.74) is 5.36. The Morgan fingerprint density at radius 2 is 1.91 bits per heavy atom. The standard InChI is InChI=1S/C7H17NO2S/c1-4-6(2)7(5-8)11(3,9)10/h6-7H,4-5,8H2,1-3H3. The zero-order valence-corrected chi connectivity index (χ0v) is 8.19. The fraction of sp³-hybridized carbons (Fsp3) is 1.00. The van der Waals surface area contributed by atoms with E-state index in [1.165, 1.54) is 6.26 Å². The molecule has 0 aromatic rings. The average Bonchev–Trinajstić information content (AvgIpc) is 1.86. The number of nitrogens with two attached hydrogens (primary N) is 1. The molecule has 0 heterocycles. The number of hydrogen-bond acceptors (Lipinski definition) is 3. The second-order valence-corrected chi connectivity index (χ2v) is 5.25. The quantitative estimate of drug-likeness (QED) is 0.679. The van der Waals surface area contributed by atoms with Crippen LogP contribution >= 0.6 is 0 Å². The molecule has 0 aliphatic heterocycles. The first-order valence-corrected chi connectivity index (χ1v) is 5.77. The molecule has 4 heteroatoms. The third kappa shape index (κ3) is 3.20. The van der Waals surface area contributed by atoms with Crippen LogP contribution in [0.4, 0.5) is 0 Å². The molecule has 2 atom stereocenters. The predicted molar refractivity (Wildman–Crippen MR) is 47.1 cm³/mol. The van der Waals surface area contributed by atoms with E-state index in [0.717, 1.165) is 6.42 Å². The molecule has 2 N–H and O–H groups in total. The van der Waals surface area contributed by atoms with Crippen LogP contribution in [0.25, 0.3) is 0 Å². The van der Waals surface area contributed by atoms with Crippen LogP contribution in [-0.2, 0) is 9.84 Å². The summed E-state index contributed by atoms with van der Waals surface area (Å²) in [5, 5.41) is -0.368. The lowest BCUT2D eigenvalue weighted by Crippen LogP contribution is -2.34. The number of rotatable bonds is 4. The first-order chi connectivity index (χ1) is 4.93. The Labute approximate surface area is 68.9 Å². The molecule has 0 saturated heterocycles. The first-order valence-electron chi connectivity index (χ1n) is 3.82. The van der Waals surface area contributed by atoms with E-state index in [2.05, 4.69) is 0 Å². The SMILES string of the molecule is CCC(C)C(CN)S(C)(=O)=O. The summed E-state index contributed by atoms with van der Waals surface area (Å²) < 4.78 is 22.2. The van der Waals surface area contributed by atoms with Gasteiger partial charge in [-0.3, -0.25) is 0 Å². The molecule has 0 rings (SSSR count). The largest absolute Gasteiger partial charge is 0.329 e. The Morgan fingerprint density at radius 3 is 2.00 bits per heavy atom. The average molecular weight is 179 g/mol. The van der Waals surface area contributed by atoms with Gasteiger partial charge >= 0.3 is 0 Å². The summed E-state index contributed by atoms with van der Waals surface area (Å²) in [5.74, 6) is 0.162. The van der Waals surface area contributed by atoms with Crippen LogP contribution in [-0.4, -0.2) is 26.5 Å². The zero-order chi connectivity index (χ0) is 9.07. The van der Waals surface area contributed by atoms with Crippen molar-refractivity contribution < 1.29 is 8.42 Å². The smallest absolute Gasteiger partial charge is 0.151 e. The first kappa shape index (κ1) is 10.9. The van der Waals surface area contributed by atoms with Crippen LogP contribution in [0.3, 0.4) is 0 Å². The minimum Gasteiger partial charge on any atom is -0.329 e. The van der Waals surface area contributed by atoms with Gasteiger partial charge in [0, 0.05) is 12.8 Å². The van der Waals surface area contributed by atoms with Crippen molar-refractivity contribution in [3.63, 3.8) is 0 Å². The summed E-state index contributed by atoms with van der Waals surface area (Å²) in [6.45, 7) is 4.12. The fourth-order valence-electron chi connectivity index (χ4n) is 1.09. The zero-order valence-electron chi connectivity index (χ0n) is 7.37. The molecule has 0 fully saturated rings. The second-order valence-electron chi connectivity index (χ2n) is 2.99. The van der Waals surface area contributed by atoms with Gasteiger partial charge in [-0.2, -0.15) is 0 Å². The molecule has 2 unspecified atom stereocenters. The van der Waals surface area contributed by atoms with E-state index in [9.17, 15) is 8.42 Å². The molecule has 68 valence electrons. The third-order valence-corrected chi connectivity index (χ3v) is 3.82. The summed E-state index contributed by atoms with van der Waals surface area (Å²) in [4.78, 5) is 0. The van der Waals surface area contributed by atoms with Gasteiger partial charge in [0.2, 0.25) is 0 Å². The topological polar surface area (TPSA) is 60.2 Å². The molecule has 0 spiro atoms. The van der Waals surface area contributed by atoms with E-state index in [1.807, 2.05) is 13.8 Å². The molecular weight excluding hydrogens is 162 g/mol. The summed E-state index contributed by atoms with van der Waals surface area (Å²) in [6.07, 6.45) is 2.10. The molecule has 0 aliphatic carbocycles. The van der Waals surface area contributed by atoms with Crippen LogP contribution < -0.4 is 5.73 Å². The molecule has 3 nitrogen and oxygen atoms in total. The van der Waals surface area contributed by atoms with Crippen molar-refractivity contribution in [2.45, 2.75) is 25.5 Å².